The molecule has 0 radical (unpaired) electrons. The highest BCUT2D eigenvalue weighted by atomic mass is 16.3. The van der Waals surface area contributed by atoms with Crippen LogP contribution < -0.4 is 5.73 Å². The van der Waals surface area contributed by atoms with E-state index in [0.717, 1.165) is 30.4 Å². The number of hydrogen-bond acceptors (Lipinski definition) is 2. The van der Waals surface area contributed by atoms with Crippen molar-refractivity contribution in [2.45, 2.75) is 39.2 Å². The molecule has 0 saturated carbocycles. The fourth-order valence-electron chi connectivity index (χ4n) is 1.56. The average Bonchev–Trinajstić information content (AvgIpc) is 2.18. The summed E-state index contributed by atoms with van der Waals surface area (Å²) in [6.45, 7) is 4.04. The molecule has 0 fully saturated rings. The number of para-hydroxylation sites is 1. The molecule has 0 bridgehead atoms. The van der Waals surface area contributed by atoms with E-state index >= 15 is 0 Å². The molecule has 3 N–H and O–H groups in total. The van der Waals surface area contributed by atoms with Crippen LogP contribution in [0.4, 0.5) is 0 Å². The summed E-state index contributed by atoms with van der Waals surface area (Å²) in [6, 6.07) is 5.71. The normalized spacial score (nSPS) is 12.8. The van der Waals surface area contributed by atoms with Crippen LogP contribution in [0.25, 0.3) is 0 Å². The fraction of sp³-hybridized carbons (Fsp3) is 0.500. The Morgan fingerprint density at radius 2 is 2.14 bits per heavy atom. The minimum absolute atomic E-state index is 0.0325. The Bertz CT molecular complexity index is 296. The molecule has 14 heavy (non-hydrogen) atoms. The molecule has 2 heteroatoms. The van der Waals surface area contributed by atoms with Crippen molar-refractivity contribution in [3.8, 4) is 5.75 Å². The van der Waals surface area contributed by atoms with Crippen LogP contribution in [0.2, 0.25) is 0 Å². The van der Waals surface area contributed by atoms with E-state index < -0.39 is 0 Å². The zero-order chi connectivity index (χ0) is 10.6. The van der Waals surface area contributed by atoms with Crippen molar-refractivity contribution in [3.05, 3.63) is 29.3 Å². The summed E-state index contributed by atoms with van der Waals surface area (Å²) in [5, 5.41) is 9.79. The number of phenolic OH excluding ortho intramolecular Hbond substituents is 1. The standard InChI is InChI=1S/C12H19NO/c1-3-4-8-11(13)10-7-5-6-9(2)12(10)14/h5-7,11,14H,3-4,8,13H2,1-2H3/t11-/m1/s1. The van der Waals surface area contributed by atoms with Gasteiger partial charge in [-0.25, -0.2) is 0 Å². The van der Waals surface area contributed by atoms with Gasteiger partial charge in [0.05, 0.1) is 0 Å². The monoisotopic (exact) mass is 193 g/mol. The third-order valence-corrected chi connectivity index (χ3v) is 2.54. The van der Waals surface area contributed by atoms with Crippen LogP contribution in [0.5, 0.6) is 5.75 Å². The molecule has 0 aliphatic carbocycles. The summed E-state index contributed by atoms with van der Waals surface area (Å²) in [4.78, 5) is 0. The van der Waals surface area contributed by atoms with Crippen molar-refractivity contribution >= 4 is 0 Å². The third kappa shape index (κ3) is 2.48. The van der Waals surface area contributed by atoms with Crippen molar-refractivity contribution < 1.29 is 5.11 Å². The Morgan fingerprint density at radius 1 is 1.43 bits per heavy atom. The van der Waals surface area contributed by atoms with Crippen molar-refractivity contribution in [1.29, 1.82) is 0 Å². The summed E-state index contributed by atoms with van der Waals surface area (Å²) in [6.07, 6.45) is 3.18. The Kier molecular flexibility index (Phi) is 3.96. The maximum atomic E-state index is 9.79. The topological polar surface area (TPSA) is 46.2 Å². The van der Waals surface area contributed by atoms with E-state index in [1.807, 2.05) is 25.1 Å². The van der Waals surface area contributed by atoms with Gasteiger partial charge in [-0.15, -0.1) is 0 Å². The Hall–Kier alpha value is -1.02. The summed E-state index contributed by atoms with van der Waals surface area (Å²) in [7, 11) is 0. The summed E-state index contributed by atoms with van der Waals surface area (Å²) >= 11 is 0. The largest absolute Gasteiger partial charge is 0.507 e. The molecule has 0 aliphatic heterocycles. The first-order valence-electron chi connectivity index (χ1n) is 5.20. The van der Waals surface area contributed by atoms with Gasteiger partial charge in [0.2, 0.25) is 0 Å². The molecule has 0 amide bonds. The molecule has 0 aromatic heterocycles. The second-order valence-electron chi connectivity index (χ2n) is 3.76. The molecular formula is C12H19NO. The maximum Gasteiger partial charge on any atom is 0.123 e. The number of rotatable bonds is 4. The lowest BCUT2D eigenvalue weighted by molar-refractivity contribution is 0.452. The van der Waals surface area contributed by atoms with Crippen LogP contribution in [-0.2, 0) is 0 Å². The molecule has 0 unspecified atom stereocenters. The fourth-order valence-corrected chi connectivity index (χ4v) is 1.56. The molecule has 0 saturated heterocycles. The van der Waals surface area contributed by atoms with Gasteiger partial charge in [-0.2, -0.15) is 0 Å². The third-order valence-electron chi connectivity index (χ3n) is 2.54. The second kappa shape index (κ2) is 5.01. The summed E-state index contributed by atoms with van der Waals surface area (Å²) in [5.74, 6) is 0.358. The van der Waals surface area contributed by atoms with E-state index in [0.29, 0.717) is 5.75 Å². The summed E-state index contributed by atoms with van der Waals surface area (Å²) < 4.78 is 0. The number of benzene rings is 1. The van der Waals surface area contributed by atoms with Gasteiger partial charge in [-0.3, -0.25) is 0 Å². The van der Waals surface area contributed by atoms with Crippen LogP contribution in [0, 0.1) is 6.92 Å². The van der Waals surface area contributed by atoms with Gasteiger partial charge in [0.25, 0.3) is 0 Å². The smallest absolute Gasteiger partial charge is 0.123 e. The quantitative estimate of drug-likeness (QED) is 0.772. The molecule has 78 valence electrons. The molecule has 0 spiro atoms. The Morgan fingerprint density at radius 3 is 2.79 bits per heavy atom. The number of unbranched alkanes of at least 4 members (excludes halogenated alkanes) is 1. The van der Waals surface area contributed by atoms with Crippen molar-refractivity contribution in [3.63, 3.8) is 0 Å². The number of hydrogen-bond donors (Lipinski definition) is 2. The zero-order valence-electron chi connectivity index (χ0n) is 8.96. The van der Waals surface area contributed by atoms with E-state index in [-0.39, 0.29) is 6.04 Å². The van der Waals surface area contributed by atoms with E-state index in [9.17, 15) is 5.11 Å². The first kappa shape index (κ1) is 11.1. The maximum absolute atomic E-state index is 9.79. The van der Waals surface area contributed by atoms with Gasteiger partial charge in [-0.05, 0) is 18.9 Å². The highest BCUT2D eigenvalue weighted by Crippen LogP contribution is 2.28. The van der Waals surface area contributed by atoms with Crippen LogP contribution in [0.15, 0.2) is 18.2 Å². The van der Waals surface area contributed by atoms with Crippen LogP contribution in [0.1, 0.15) is 43.4 Å². The van der Waals surface area contributed by atoms with Crippen LogP contribution in [-0.4, -0.2) is 5.11 Å². The molecule has 0 heterocycles. The first-order chi connectivity index (χ1) is 6.66. The predicted octanol–water partition coefficient (Wildman–Crippen LogP) is 2.89. The number of phenols is 1. The van der Waals surface area contributed by atoms with Crippen molar-refractivity contribution in [2.24, 2.45) is 5.73 Å². The lowest BCUT2D eigenvalue weighted by Gasteiger charge is -2.14. The van der Waals surface area contributed by atoms with Gasteiger partial charge in [0.1, 0.15) is 5.75 Å². The molecule has 1 aromatic carbocycles. The van der Waals surface area contributed by atoms with Crippen molar-refractivity contribution in [1.82, 2.24) is 0 Å². The second-order valence-corrected chi connectivity index (χ2v) is 3.76. The number of aryl methyl sites for hydroxylation is 1. The van der Waals surface area contributed by atoms with Gasteiger partial charge in [-0.1, -0.05) is 38.0 Å². The molecule has 1 rings (SSSR count). The number of nitrogens with two attached hydrogens (primary N) is 1. The van der Waals surface area contributed by atoms with Crippen LogP contribution in [0.3, 0.4) is 0 Å². The molecule has 1 aromatic rings. The van der Waals surface area contributed by atoms with E-state index in [1.54, 1.807) is 0 Å². The Balaban J connectivity index is 2.79. The highest BCUT2D eigenvalue weighted by molar-refractivity contribution is 5.41. The minimum atomic E-state index is -0.0325. The number of aromatic hydroxyl groups is 1. The van der Waals surface area contributed by atoms with Crippen LogP contribution >= 0.6 is 0 Å². The summed E-state index contributed by atoms with van der Waals surface area (Å²) in [5.41, 5.74) is 7.76. The Labute approximate surface area is 85.8 Å². The lowest BCUT2D eigenvalue weighted by atomic mass is 9.99. The van der Waals surface area contributed by atoms with Gasteiger partial charge < -0.3 is 10.8 Å². The first-order valence-corrected chi connectivity index (χ1v) is 5.20. The van der Waals surface area contributed by atoms with Crippen molar-refractivity contribution in [2.75, 3.05) is 0 Å². The lowest BCUT2D eigenvalue weighted by Crippen LogP contribution is -2.10. The zero-order valence-corrected chi connectivity index (χ0v) is 8.96. The average molecular weight is 193 g/mol. The van der Waals surface area contributed by atoms with Gasteiger partial charge in [0, 0.05) is 11.6 Å². The SMILES string of the molecule is CCCC[C@@H](N)c1cccc(C)c1O. The molecule has 2 nitrogen and oxygen atoms in total. The molecule has 1 atom stereocenters. The molecule has 0 aliphatic rings. The van der Waals surface area contributed by atoms with Gasteiger partial charge >= 0.3 is 0 Å². The predicted molar refractivity (Wildman–Crippen MR) is 59.3 cm³/mol. The van der Waals surface area contributed by atoms with Gasteiger partial charge in [0.15, 0.2) is 0 Å². The minimum Gasteiger partial charge on any atom is -0.507 e. The van der Waals surface area contributed by atoms with E-state index in [4.69, 9.17) is 5.73 Å². The van der Waals surface area contributed by atoms with E-state index in [1.165, 1.54) is 0 Å². The highest BCUT2D eigenvalue weighted by Gasteiger charge is 2.10. The van der Waals surface area contributed by atoms with E-state index in [2.05, 4.69) is 6.92 Å². The molecular weight excluding hydrogens is 174 g/mol.